The van der Waals surface area contributed by atoms with Crippen LogP contribution in [0.3, 0.4) is 0 Å². The van der Waals surface area contributed by atoms with E-state index in [1.807, 2.05) is 11.8 Å². The molecule has 1 N–H and O–H groups in total. The number of H-pyrrole nitrogens is 1. The van der Waals surface area contributed by atoms with Crippen molar-refractivity contribution < 1.29 is 0 Å². The van der Waals surface area contributed by atoms with Crippen molar-refractivity contribution in [3.8, 4) is 0 Å². The Bertz CT molecular complexity index is 569. The molecule has 1 aromatic heterocycles. The van der Waals surface area contributed by atoms with Crippen LogP contribution in [0.15, 0.2) is 18.2 Å². The van der Waals surface area contributed by atoms with Crippen molar-refractivity contribution in [2.75, 3.05) is 12.0 Å². The van der Waals surface area contributed by atoms with Crippen molar-refractivity contribution in [2.24, 2.45) is 0 Å². The van der Waals surface area contributed by atoms with E-state index in [2.05, 4.69) is 40.9 Å². The Morgan fingerprint density at radius 2 is 2.11 bits per heavy atom. The van der Waals surface area contributed by atoms with Crippen LogP contribution in [-0.2, 0) is 6.54 Å². The molecule has 0 aliphatic heterocycles. The summed E-state index contributed by atoms with van der Waals surface area (Å²) < 4.78 is 3.10. The average Bonchev–Trinajstić information content (AvgIpc) is 2.67. The van der Waals surface area contributed by atoms with E-state index in [0.717, 1.165) is 16.8 Å². The molecule has 0 fully saturated rings. The van der Waals surface area contributed by atoms with Crippen LogP contribution in [0.2, 0.25) is 0 Å². The Labute approximate surface area is 118 Å². The van der Waals surface area contributed by atoms with Gasteiger partial charge in [0.15, 0.2) is 4.77 Å². The number of aromatic amines is 1. The number of hydrogen-bond donors (Lipinski definition) is 1. The molecule has 18 heavy (non-hydrogen) atoms. The van der Waals surface area contributed by atoms with Crippen LogP contribution in [0.1, 0.15) is 24.8 Å². The van der Waals surface area contributed by atoms with Gasteiger partial charge in [0.2, 0.25) is 0 Å². The van der Waals surface area contributed by atoms with Crippen molar-refractivity contribution >= 4 is 35.0 Å². The Morgan fingerprint density at radius 1 is 1.28 bits per heavy atom. The van der Waals surface area contributed by atoms with Gasteiger partial charge in [-0.05, 0) is 55.6 Å². The van der Waals surface area contributed by atoms with Gasteiger partial charge in [0.05, 0.1) is 11.0 Å². The van der Waals surface area contributed by atoms with Crippen LogP contribution in [0.5, 0.6) is 0 Å². The number of thioether (sulfide) groups is 1. The minimum absolute atomic E-state index is 0.851. The van der Waals surface area contributed by atoms with Gasteiger partial charge in [-0.2, -0.15) is 11.8 Å². The van der Waals surface area contributed by atoms with E-state index >= 15 is 0 Å². The predicted octanol–water partition coefficient (Wildman–Crippen LogP) is 4.54. The number of benzene rings is 1. The third-order valence-electron chi connectivity index (χ3n) is 3.22. The van der Waals surface area contributed by atoms with Crippen molar-refractivity contribution in [2.45, 2.75) is 32.7 Å². The van der Waals surface area contributed by atoms with Gasteiger partial charge in [0.25, 0.3) is 0 Å². The molecule has 1 heterocycles. The Hall–Kier alpha value is -0.740. The number of aryl methyl sites for hydroxylation is 2. The second-order valence-electron chi connectivity index (χ2n) is 4.61. The molecule has 4 heteroatoms. The highest BCUT2D eigenvalue weighted by atomic mass is 32.2. The molecular formula is C14H20N2S2. The quantitative estimate of drug-likeness (QED) is 0.619. The van der Waals surface area contributed by atoms with Crippen molar-refractivity contribution in [1.29, 1.82) is 0 Å². The minimum atomic E-state index is 0.851. The average molecular weight is 280 g/mol. The van der Waals surface area contributed by atoms with Gasteiger partial charge < -0.3 is 9.55 Å². The maximum absolute atomic E-state index is 5.42. The van der Waals surface area contributed by atoms with E-state index in [4.69, 9.17) is 12.2 Å². The first-order valence-electron chi connectivity index (χ1n) is 6.41. The first kappa shape index (κ1) is 13.7. The first-order valence-corrected chi connectivity index (χ1v) is 8.21. The Kier molecular flexibility index (Phi) is 4.89. The van der Waals surface area contributed by atoms with Gasteiger partial charge in [0.1, 0.15) is 0 Å². The standard InChI is InChI=1S/C14H20N2S2/c1-11-7-6-8-12-13(11)16(14(17)15-12)9-4-3-5-10-18-2/h6-8H,3-5,9-10H2,1-2H3,(H,15,17). The van der Waals surface area contributed by atoms with Gasteiger partial charge in [-0.1, -0.05) is 18.6 Å². The fourth-order valence-corrected chi connectivity index (χ4v) is 3.09. The normalized spacial score (nSPS) is 11.2. The molecule has 0 bridgehead atoms. The lowest BCUT2D eigenvalue weighted by Crippen LogP contribution is -1.99. The highest BCUT2D eigenvalue weighted by Gasteiger charge is 2.05. The second-order valence-corrected chi connectivity index (χ2v) is 5.98. The van der Waals surface area contributed by atoms with Crippen LogP contribution in [-0.4, -0.2) is 21.6 Å². The summed E-state index contributed by atoms with van der Waals surface area (Å²) in [6.45, 7) is 3.17. The van der Waals surface area contributed by atoms with E-state index in [1.165, 1.54) is 36.1 Å². The van der Waals surface area contributed by atoms with Crippen molar-refractivity contribution in [3.05, 3.63) is 28.5 Å². The van der Waals surface area contributed by atoms with E-state index in [1.54, 1.807) is 0 Å². The second kappa shape index (κ2) is 6.43. The van der Waals surface area contributed by atoms with E-state index in [0.29, 0.717) is 0 Å². The fourth-order valence-electron chi connectivity index (χ4n) is 2.31. The Balaban J connectivity index is 2.12. The third-order valence-corrected chi connectivity index (χ3v) is 4.24. The number of rotatable bonds is 6. The number of nitrogens with one attached hydrogen (secondary N) is 1. The number of unbranched alkanes of at least 4 members (excludes halogenated alkanes) is 2. The number of para-hydroxylation sites is 1. The zero-order chi connectivity index (χ0) is 13.0. The summed E-state index contributed by atoms with van der Waals surface area (Å²) in [5, 5.41) is 0. The van der Waals surface area contributed by atoms with Crippen LogP contribution in [0.4, 0.5) is 0 Å². The van der Waals surface area contributed by atoms with Crippen molar-refractivity contribution in [1.82, 2.24) is 9.55 Å². The summed E-state index contributed by atoms with van der Waals surface area (Å²) in [6, 6.07) is 6.32. The number of fused-ring (bicyclic) bond motifs is 1. The number of hydrogen-bond acceptors (Lipinski definition) is 2. The van der Waals surface area contributed by atoms with Crippen LogP contribution in [0, 0.1) is 11.7 Å². The lowest BCUT2D eigenvalue weighted by Gasteiger charge is -2.06. The van der Waals surface area contributed by atoms with Gasteiger partial charge in [-0.15, -0.1) is 0 Å². The van der Waals surface area contributed by atoms with E-state index < -0.39 is 0 Å². The van der Waals surface area contributed by atoms with Gasteiger partial charge >= 0.3 is 0 Å². The van der Waals surface area contributed by atoms with Crippen LogP contribution in [0.25, 0.3) is 11.0 Å². The maximum Gasteiger partial charge on any atom is 0.178 e. The molecule has 98 valence electrons. The van der Waals surface area contributed by atoms with Crippen LogP contribution < -0.4 is 0 Å². The summed E-state index contributed by atoms with van der Waals surface area (Å²) in [4.78, 5) is 3.29. The third kappa shape index (κ3) is 2.98. The molecule has 0 amide bonds. The highest BCUT2D eigenvalue weighted by Crippen LogP contribution is 2.19. The molecule has 2 aromatic rings. The molecule has 0 atom stereocenters. The SMILES string of the molecule is CSCCCCCn1c(=S)[nH]c2cccc(C)c21. The molecule has 0 aliphatic carbocycles. The number of aromatic nitrogens is 2. The molecule has 2 rings (SSSR count). The summed E-state index contributed by atoms with van der Waals surface area (Å²) >= 11 is 7.34. The lowest BCUT2D eigenvalue weighted by molar-refractivity contribution is 0.610. The molecule has 0 spiro atoms. The summed E-state index contributed by atoms with van der Waals surface area (Å²) in [5.74, 6) is 1.26. The molecule has 0 saturated carbocycles. The zero-order valence-electron chi connectivity index (χ0n) is 11.0. The summed E-state index contributed by atoms with van der Waals surface area (Å²) in [7, 11) is 0. The lowest BCUT2D eigenvalue weighted by atomic mass is 10.2. The monoisotopic (exact) mass is 280 g/mol. The molecule has 0 saturated heterocycles. The fraction of sp³-hybridized carbons (Fsp3) is 0.500. The van der Waals surface area contributed by atoms with Gasteiger partial charge in [0, 0.05) is 6.54 Å². The maximum atomic E-state index is 5.42. The zero-order valence-corrected chi connectivity index (χ0v) is 12.7. The topological polar surface area (TPSA) is 20.7 Å². The highest BCUT2D eigenvalue weighted by molar-refractivity contribution is 7.98. The number of nitrogens with zero attached hydrogens (tertiary/aromatic N) is 1. The van der Waals surface area contributed by atoms with Crippen molar-refractivity contribution in [3.63, 3.8) is 0 Å². The minimum Gasteiger partial charge on any atom is -0.331 e. The summed E-state index contributed by atoms with van der Waals surface area (Å²) in [6.07, 6.45) is 5.95. The Morgan fingerprint density at radius 3 is 2.89 bits per heavy atom. The van der Waals surface area contributed by atoms with Gasteiger partial charge in [-0.25, -0.2) is 0 Å². The molecule has 2 nitrogen and oxygen atoms in total. The van der Waals surface area contributed by atoms with Gasteiger partial charge in [-0.3, -0.25) is 0 Å². The van der Waals surface area contributed by atoms with Crippen LogP contribution >= 0.6 is 24.0 Å². The molecule has 0 radical (unpaired) electrons. The largest absolute Gasteiger partial charge is 0.331 e. The first-order chi connectivity index (χ1) is 8.74. The predicted molar refractivity (Wildman–Crippen MR) is 84.1 cm³/mol. The molecule has 1 aromatic carbocycles. The molecule has 0 aliphatic rings. The summed E-state index contributed by atoms with van der Waals surface area (Å²) in [5.41, 5.74) is 3.72. The molecular weight excluding hydrogens is 260 g/mol. The molecule has 0 unspecified atom stereocenters. The van der Waals surface area contributed by atoms with E-state index in [9.17, 15) is 0 Å². The smallest absolute Gasteiger partial charge is 0.178 e. The number of imidazole rings is 1. The van der Waals surface area contributed by atoms with E-state index in [-0.39, 0.29) is 0 Å².